The minimum absolute atomic E-state index is 0.312. The molecule has 1 aromatic rings. The lowest BCUT2D eigenvalue weighted by Gasteiger charge is -2.18. The zero-order valence-corrected chi connectivity index (χ0v) is 8.72. The number of benzene rings is 1. The number of rotatable bonds is 2. The van der Waals surface area contributed by atoms with Crippen LogP contribution in [0.5, 0.6) is 5.75 Å². The summed E-state index contributed by atoms with van der Waals surface area (Å²) in [4.78, 5) is 0. The molecule has 1 aliphatic carbocycles. The number of allylic oxidation sites excluding steroid dienone is 1. The van der Waals surface area contributed by atoms with Crippen LogP contribution in [0.3, 0.4) is 0 Å². The molecule has 2 N–H and O–H groups in total. The van der Waals surface area contributed by atoms with E-state index in [0.717, 1.165) is 29.5 Å². The highest BCUT2D eigenvalue weighted by Crippen LogP contribution is 2.30. The average Bonchev–Trinajstić information content (AvgIpc) is 2.27. The number of methoxy groups -OCH3 is 1. The monoisotopic (exact) mass is 207 g/mol. The maximum Gasteiger partial charge on any atom is 0.165 e. The number of hydrogen-bond acceptors (Lipinski definition) is 2. The van der Waals surface area contributed by atoms with Crippen LogP contribution in [0, 0.1) is 5.82 Å². The molecule has 0 aliphatic heterocycles. The van der Waals surface area contributed by atoms with Gasteiger partial charge in [0.15, 0.2) is 11.6 Å². The number of ether oxygens (including phenoxy) is 1. The van der Waals surface area contributed by atoms with Crippen molar-refractivity contribution >= 4 is 5.57 Å². The Morgan fingerprint density at radius 3 is 2.93 bits per heavy atom. The highest BCUT2D eigenvalue weighted by Gasteiger charge is 2.15. The minimum Gasteiger partial charge on any atom is -0.494 e. The lowest BCUT2D eigenvalue weighted by atomic mass is 9.90. The van der Waals surface area contributed by atoms with Gasteiger partial charge in [0.1, 0.15) is 0 Å². The van der Waals surface area contributed by atoms with Crippen LogP contribution >= 0.6 is 0 Å². The normalized spacial score (nSPS) is 14.5. The number of fused-ring (bicyclic) bond motifs is 1. The maximum absolute atomic E-state index is 13.5. The minimum atomic E-state index is -0.322. The number of halogens is 1. The molecule has 0 radical (unpaired) electrons. The number of nitrogens with two attached hydrogens (primary N) is 1. The van der Waals surface area contributed by atoms with Crippen LogP contribution in [0.15, 0.2) is 18.2 Å². The van der Waals surface area contributed by atoms with Gasteiger partial charge in [0.2, 0.25) is 0 Å². The predicted molar refractivity (Wildman–Crippen MR) is 58.3 cm³/mol. The Bertz CT molecular complexity index is 412. The zero-order valence-electron chi connectivity index (χ0n) is 8.72. The second-order valence-electron chi connectivity index (χ2n) is 3.62. The van der Waals surface area contributed by atoms with Crippen molar-refractivity contribution in [3.63, 3.8) is 0 Å². The lowest BCUT2D eigenvalue weighted by Crippen LogP contribution is -2.09. The van der Waals surface area contributed by atoms with Crippen molar-refractivity contribution in [2.45, 2.75) is 12.8 Å². The van der Waals surface area contributed by atoms with E-state index in [4.69, 9.17) is 10.5 Å². The predicted octanol–water partition coefficient (Wildman–Crippen LogP) is 2.12. The Kier molecular flexibility index (Phi) is 2.73. The molecule has 0 amide bonds. The third-order valence-corrected chi connectivity index (χ3v) is 2.75. The summed E-state index contributed by atoms with van der Waals surface area (Å²) in [6.07, 6.45) is 3.97. The molecule has 2 rings (SSSR count). The van der Waals surface area contributed by atoms with Crippen molar-refractivity contribution in [3.8, 4) is 5.75 Å². The SMILES string of the molecule is COc1cc2c(cc1F)C(CN)=CCC2. The number of hydrogen-bond donors (Lipinski definition) is 1. The Morgan fingerprint density at radius 2 is 2.27 bits per heavy atom. The second-order valence-corrected chi connectivity index (χ2v) is 3.62. The molecule has 3 heteroatoms. The maximum atomic E-state index is 13.5. The van der Waals surface area contributed by atoms with Crippen LogP contribution in [0.1, 0.15) is 17.5 Å². The molecule has 2 nitrogen and oxygen atoms in total. The molecule has 0 saturated heterocycles. The van der Waals surface area contributed by atoms with Gasteiger partial charge in [0.25, 0.3) is 0 Å². The summed E-state index contributed by atoms with van der Waals surface area (Å²) >= 11 is 0. The molecule has 15 heavy (non-hydrogen) atoms. The van der Waals surface area contributed by atoms with Crippen molar-refractivity contribution in [1.29, 1.82) is 0 Å². The van der Waals surface area contributed by atoms with Crippen molar-refractivity contribution < 1.29 is 9.13 Å². The fourth-order valence-corrected chi connectivity index (χ4v) is 1.96. The number of aryl methyl sites for hydroxylation is 1. The average molecular weight is 207 g/mol. The van der Waals surface area contributed by atoms with E-state index >= 15 is 0 Å². The van der Waals surface area contributed by atoms with Gasteiger partial charge in [0, 0.05) is 6.54 Å². The molecule has 80 valence electrons. The highest BCUT2D eigenvalue weighted by molar-refractivity contribution is 5.72. The standard InChI is InChI=1S/C12H14FNO/c1-15-12-5-8-3-2-4-9(7-14)10(8)6-11(12)13/h4-6H,2-3,7,14H2,1H3. The van der Waals surface area contributed by atoms with E-state index in [1.807, 2.05) is 0 Å². The molecule has 0 aromatic heterocycles. The van der Waals surface area contributed by atoms with Crippen molar-refractivity contribution in [1.82, 2.24) is 0 Å². The quantitative estimate of drug-likeness (QED) is 0.806. The van der Waals surface area contributed by atoms with Gasteiger partial charge in [-0.15, -0.1) is 0 Å². The summed E-state index contributed by atoms with van der Waals surface area (Å²) in [6, 6.07) is 3.29. The zero-order chi connectivity index (χ0) is 10.8. The molecule has 0 heterocycles. The Hall–Kier alpha value is -1.35. The van der Waals surface area contributed by atoms with Gasteiger partial charge >= 0.3 is 0 Å². The van der Waals surface area contributed by atoms with Crippen LogP contribution in [-0.2, 0) is 6.42 Å². The molecule has 1 aliphatic rings. The third kappa shape index (κ3) is 1.75. The third-order valence-electron chi connectivity index (χ3n) is 2.75. The van der Waals surface area contributed by atoms with E-state index in [2.05, 4.69) is 6.08 Å². The summed E-state index contributed by atoms with van der Waals surface area (Å²) in [5.41, 5.74) is 8.70. The van der Waals surface area contributed by atoms with Gasteiger partial charge < -0.3 is 10.5 Å². The largest absolute Gasteiger partial charge is 0.494 e. The van der Waals surface area contributed by atoms with Gasteiger partial charge in [-0.1, -0.05) is 6.08 Å². The van der Waals surface area contributed by atoms with E-state index in [1.165, 1.54) is 13.2 Å². The fourth-order valence-electron chi connectivity index (χ4n) is 1.96. The first-order chi connectivity index (χ1) is 7.26. The van der Waals surface area contributed by atoms with Crippen molar-refractivity contribution in [3.05, 3.63) is 35.2 Å². The van der Waals surface area contributed by atoms with Gasteiger partial charge in [-0.2, -0.15) is 0 Å². The van der Waals surface area contributed by atoms with Gasteiger partial charge in [-0.25, -0.2) is 4.39 Å². The van der Waals surface area contributed by atoms with Crippen LogP contribution < -0.4 is 10.5 Å². The summed E-state index contributed by atoms with van der Waals surface area (Å²) in [6.45, 7) is 0.457. The van der Waals surface area contributed by atoms with Gasteiger partial charge in [-0.05, 0) is 41.7 Å². The Labute approximate surface area is 88.5 Å². The van der Waals surface area contributed by atoms with Crippen molar-refractivity contribution in [2.24, 2.45) is 5.73 Å². The summed E-state index contributed by atoms with van der Waals surface area (Å²) < 4.78 is 18.4. The van der Waals surface area contributed by atoms with E-state index in [9.17, 15) is 4.39 Å². The molecule has 0 fully saturated rings. The van der Waals surface area contributed by atoms with E-state index < -0.39 is 0 Å². The first-order valence-corrected chi connectivity index (χ1v) is 5.02. The first-order valence-electron chi connectivity index (χ1n) is 5.02. The summed E-state index contributed by atoms with van der Waals surface area (Å²) in [5, 5.41) is 0. The Morgan fingerprint density at radius 1 is 1.47 bits per heavy atom. The van der Waals surface area contributed by atoms with E-state index in [-0.39, 0.29) is 5.82 Å². The summed E-state index contributed by atoms with van der Waals surface area (Å²) in [5.74, 6) is -0.00970. The molecular weight excluding hydrogens is 193 g/mol. The Balaban J connectivity index is 2.52. The van der Waals surface area contributed by atoms with Crippen LogP contribution in [-0.4, -0.2) is 13.7 Å². The van der Waals surface area contributed by atoms with Crippen LogP contribution in [0.2, 0.25) is 0 Å². The van der Waals surface area contributed by atoms with Crippen molar-refractivity contribution in [2.75, 3.05) is 13.7 Å². The highest BCUT2D eigenvalue weighted by atomic mass is 19.1. The molecule has 0 spiro atoms. The van der Waals surface area contributed by atoms with Gasteiger partial charge in [0.05, 0.1) is 7.11 Å². The van der Waals surface area contributed by atoms with E-state index in [0.29, 0.717) is 12.3 Å². The molecule has 1 aromatic carbocycles. The first kappa shape index (κ1) is 10.2. The van der Waals surface area contributed by atoms with E-state index in [1.54, 1.807) is 6.07 Å². The van der Waals surface area contributed by atoms with Crippen LogP contribution in [0.4, 0.5) is 4.39 Å². The smallest absolute Gasteiger partial charge is 0.165 e. The summed E-state index contributed by atoms with van der Waals surface area (Å²) in [7, 11) is 1.48. The second kappa shape index (κ2) is 4.03. The molecule has 0 unspecified atom stereocenters. The topological polar surface area (TPSA) is 35.2 Å². The molecule has 0 bridgehead atoms. The fraction of sp³-hybridized carbons (Fsp3) is 0.333. The van der Waals surface area contributed by atoms with Crippen LogP contribution in [0.25, 0.3) is 5.57 Å². The molecule has 0 atom stereocenters. The lowest BCUT2D eigenvalue weighted by molar-refractivity contribution is 0.385. The molecule has 0 saturated carbocycles. The molecular formula is C12H14FNO. The van der Waals surface area contributed by atoms with Gasteiger partial charge in [-0.3, -0.25) is 0 Å².